The minimum absolute atomic E-state index is 0.277. The van der Waals surface area contributed by atoms with Gasteiger partial charge in [-0.2, -0.15) is 26.3 Å². The highest BCUT2D eigenvalue weighted by molar-refractivity contribution is 6.14. The van der Waals surface area contributed by atoms with Crippen LogP contribution in [0.3, 0.4) is 0 Å². The Kier molecular flexibility index (Phi) is 7.17. The minimum Gasteiger partial charge on any atom is -0.290 e. The predicted molar refractivity (Wildman–Crippen MR) is 126 cm³/mol. The number of benzene rings is 3. The van der Waals surface area contributed by atoms with E-state index in [4.69, 9.17) is 0 Å². The van der Waals surface area contributed by atoms with Gasteiger partial charge in [0.05, 0.1) is 11.1 Å². The highest BCUT2D eigenvalue weighted by Gasteiger charge is 2.31. The number of carbonyl (C=O) groups is 1. The van der Waals surface area contributed by atoms with E-state index in [9.17, 15) is 31.1 Å². The first-order valence-corrected chi connectivity index (χ1v) is 11.1. The molecule has 0 amide bonds. The van der Waals surface area contributed by atoms with Crippen LogP contribution >= 0.6 is 0 Å². The number of ketones is 1. The number of halogens is 6. The van der Waals surface area contributed by atoms with Crippen LogP contribution in [-0.2, 0) is 23.7 Å². The molecule has 1 fully saturated rings. The number of piperidine rings is 1. The molecule has 0 saturated carbocycles. The van der Waals surface area contributed by atoms with Gasteiger partial charge in [-0.1, -0.05) is 54.6 Å². The Labute approximate surface area is 204 Å². The van der Waals surface area contributed by atoms with Gasteiger partial charge < -0.3 is 0 Å². The van der Waals surface area contributed by atoms with Crippen LogP contribution in [0.4, 0.5) is 26.3 Å². The predicted octanol–water partition coefficient (Wildman–Crippen LogP) is 7.28. The van der Waals surface area contributed by atoms with E-state index in [2.05, 4.69) is 0 Å². The summed E-state index contributed by atoms with van der Waals surface area (Å²) in [6.07, 6.45) is -5.81. The van der Waals surface area contributed by atoms with Crippen molar-refractivity contribution in [3.63, 3.8) is 0 Å². The summed E-state index contributed by atoms with van der Waals surface area (Å²) in [5.41, 5.74) is 1.10. The molecule has 4 rings (SSSR count). The number of nitrogens with zero attached hydrogens (tertiary/aromatic N) is 1. The monoisotopic (exact) mass is 501 g/mol. The summed E-state index contributed by atoms with van der Waals surface area (Å²) in [6, 6.07) is 18.6. The lowest BCUT2D eigenvalue weighted by atomic mass is 9.93. The van der Waals surface area contributed by atoms with E-state index in [-0.39, 0.29) is 18.9 Å². The molecule has 0 aliphatic carbocycles. The molecule has 1 aliphatic heterocycles. The molecular formula is C28H21F6NO. The lowest BCUT2D eigenvalue weighted by Gasteiger charge is -2.30. The Morgan fingerprint density at radius 2 is 1.06 bits per heavy atom. The number of rotatable bonds is 4. The molecule has 3 aromatic rings. The van der Waals surface area contributed by atoms with Crippen LogP contribution in [0.1, 0.15) is 27.8 Å². The maximum atomic E-state index is 13.3. The Hall–Kier alpha value is -3.65. The summed E-state index contributed by atoms with van der Waals surface area (Å²) in [5, 5.41) is 0. The number of Topliss-reactive ketones (excluding diaryl/α,β-unsaturated/α-hetero) is 1. The second-order valence-electron chi connectivity index (χ2n) is 8.54. The van der Waals surface area contributed by atoms with Gasteiger partial charge in [0.2, 0.25) is 0 Å². The van der Waals surface area contributed by atoms with E-state index in [1.54, 1.807) is 12.2 Å². The van der Waals surface area contributed by atoms with Gasteiger partial charge in [-0.3, -0.25) is 9.69 Å². The average molecular weight is 501 g/mol. The lowest BCUT2D eigenvalue weighted by Crippen LogP contribution is -2.37. The normalized spacial score (nSPS) is 17.7. The molecule has 186 valence electrons. The number of alkyl halides is 6. The maximum Gasteiger partial charge on any atom is 0.416 e. The first-order chi connectivity index (χ1) is 17.0. The molecule has 1 heterocycles. The van der Waals surface area contributed by atoms with Gasteiger partial charge >= 0.3 is 12.4 Å². The van der Waals surface area contributed by atoms with Gasteiger partial charge in [0, 0.05) is 30.8 Å². The van der Waals surface area contributed by atoms with Gasteiger partial charge in [0.15, 0.2) is 5.78 Å². The molecule has 0 unspecified atom stereocenters. The van der Waals surface area contributed by atoms with Crippen molar-refractivity contribution in [3.8, 4) is 0 Å². The molecule has 1 aliphatic rings. The summed E-state index contributed by atoms with van der Waals surface area (Å²) in [7, 11) is 0. The van der Waals surface area contributed by atoms with Crippen molar-refractivity contribution >= 4 is 17.9 Å². The molecule has 36 heavy (non-hydrogen) atoms. The van der Waals surface area contributed by atoms with Crippen molar-refractivity contribution in [2.45, 2.75) is 18.9 Å². The molecule has 0 N–H and O–H groups in total. The molecule has 2 nitrogen and oxygen atoms in total. The molecule has 0 radical (unpaired) electrons. The van der Waals surface area contributed by atoms with Gasteiger partial charge in [-0.15, -0.1) is 0 Å². The van der Waals surface area contributed by atoms with Crippen LogP contribution in [0.25, 0.3) is 12.2 Å². The molecule has 1 saturated heterocycles. The lowest BCUT2D eigenvalue weighted by molar-refractivity contribution is -0.138. The topological polar surface area (TPSA) is 20.3 Å². The molecular weight excluding hydrogens is 480 g/mol. The third kappa shape index (κ3) is 6.31. The van der Waals surface area contributed by atoms with Crippen molar-refractivity contribution in [2.75, 3.05) is 13.1 Å². The van der Waals surface area contributed by atoms with Crippen LogP contribution in [0, 0.1) is 0 Å². The van der Waals surface area contributed by atoms with Crippen LogP contribution in [0.15, 0.2) is 90.0 Å². The molecule has 0 spiro atoms. The summed E-state index contributed by atoms with van der Waals surface area (Å²) >= 11 is 0. The maximum absolute atomic E-state index is 13.3. The molecule has 3 aromatic carbocycles. The fourth-order valence-corrected chi connectivity index (χ4v) is 4.00. The van der Waals surface area contributed by atoms with Crippen molar-refractivity contribution in [3.05, 3.63) is 118 Å². The number of hydrogen-bond acceptors (Lipinski definition) is 2. The Balaban J connectivity index is 1.66. The van der Waals surface area contributed by atoms with Gasteiger partial charge in [-0.25, -0.2) is 0 Å². The SMILES string of the molecule is O=C1/C(=C\c2ccc(C(F)(F)F)cc2)CN(Cc2ccccc2)C/C1=C/c1ccc(C(F)(F)F)cc1. The molecule has 0 atom stereocenters. The fraction of sp³-hybridized carbons (Fsp3) is 0.179. The molecule has 0 aromatic heterocycles. The van der Waals surface area contributed by atoms with E-state index < -0.39 is 23.5 Å². The third-order valence-electron chi connectivity index (χ3n) is 5.78. The summed E-state index contributed by atoms with van der Waals surface area (Å²) < 4.78 is 77.4. The van der Waals surface area contributed by atoms with Gasteiger partial charge in [-0.05, 0) is 53.1 Å². The largest absolute Gasteiger partial charge is 0.416 e. The Morgan fingerprint density at radius 1 is 0.639 bits per heavy atom. The Bertz CT molecular complexity index is 1190. The zero-order valence-electron chi connectivity index (χ0n) is 18.9. The quantitative estimate of drug-likeness (QED) is 0.277. The first kappa shape index (κ1) is 25.4. The van der Waals surface area contributed by atoms with Crippen LogP contribution < -0.4 is 0 Å². The van der Waals surface area contributed by atoms with Crippen LogP contribution in [0.2, 0.25) is 0 Å². The highest BCUT2D eigenvalue weighted by atomic mass is 19.4. The summed E-state index contributed by atoms with van der Waals surface area (Å²) in [4.78, 5) is 15.3. The average Bonchev–Trinajstić information content (AvgIpc) is 2.82. The smallest absolute Gasteiger partial charge is 0.290 e. The van der Waals surface area contributed by atoms with E-state index in [1.807, 2.05) is 35.2 Å². The van der Waals surface area contributed by atoms with Crippen molar-refractivity contribution in [1.82, 2.24) is 4.90 Å². The Morgan fingerprint density at radius 3 is 1.44 bits per heavy atom. The van der Waals surface area contributed by atoms with E-state index in [1.165, 1.54) is 24.3 Å². The van der Waals surface area contributed by atoms with Crippen molar-refractivity contribution < 1.29 is 31.1 Å². The van der Waals surface area contributed by atoms with Crippen LogP contribution in [0.5, 0.6) is 0 Å². The van der Waals surface area contributed by atoms with E-state index >= 15 is 0 Å². The molecule has 0 bridgehead atoms. The number of hydrogen-bond donors (Lipinski definition) is 0. The van der Waals surface area contributed by atoms with Gasteiger partial charge in [0.1, 0.15) is 0 Å². The fourth-order valence-electron chi connectivity index (χ4n) is 4.00. The van der Waals surface area contributed by atoms with Crippen molar-refractivity contribution in [2.24, 2.45) is 0 Å². The zero-order valence-corrected chi connectivity index (χ0v) is 18.9. The van der Waals surface area contributed by atoms with Crippen LogP contribution in [-0.4, -0.2) is 23.8 Å². The first-order valence-electron chi connectivity index (χ1n) is 11.1. The van der Waals surface area contributed by atoms with E-state index in [0.29, 0.717) is 28.8 Å². The zero-order chi connectivity index (χ0) is 25.9. The third-order valence-corrected chi connectivity index (χ3v) is 5.78. The van der Waals surface area contributed by atoms with Gasteiger partial charge in [0.25, 0.3) is 0 Å². The number of likely N-dealkylation sites (tertiary alicyclic amines) is 1. The molecule has 8 heteroatoms. The number of carbonyl (C=O) groups excluding carboxylic acids is 1. The summed E-state index contributed by atoms with van der Waals surface area (Å²) in [5.74, 6) is -0.292. The highest BCUT2D eigenvalue weighted by Crippen LogP contribution is 2.31. The standard InChI is InChI=1S/C28H21F6NO/c29-27(30,31)24-10-6-19(7-11-24)14-22-17-35(16-21-4-2-1-3-5-21)18-23(26(22)36)15-20-8-12-25(13-9-20)28(32,33)34/h1-15H,16-18H2/b22-14-,23-15-. The van der Waals surface area contributed by atoms with E-state index in [0.717, 1.165) is 29.8 Å². The minimum atomic E-state index is -4.46. The second kappa shape index (κ2) is 10.1. The van der Waals surface area contributed by atoms with Crippen molar-refractivity contribution in [1.29, 1.82) is 0 Å². The second-order valence-corrected chi connectivity index (χ2v) is 8.54. The summed E-state index contributed by atoms with van der Waals surface area (Å²) in [6.45, 7) is 1.07.